The van der Waals surface area contributed by atoms with Crippen LogP contribution in [0.15, 0.2) is 18.2 Å². The lowest BCUT2D eigenvalue weighted by molar-refractivity contribution is -0.138. The second kappa shape index (κ2) is 5.31. The van der Waals surface area contributed by atoms with Gasteiger partial charge in [0.25, 0.3) is 0 Å². The van der Waals surface area contributed by atoms with Crippen molar-refractivity contribution >= 4 is 17.5 Å². The highest BCUT2D eigenvalue weighted by molar-refractivity contribution is 6.23. The topological polar surface area (TPSA) is 111 Å². The second-order valence-electron chi connectivity index (χ2n) is 7.67. The molecule has 2 bridgehead atoms. The lowest BCUT2D eigenvalue weighted by atomic mass is 9.66. The Morgan fingerprint density at radius 2 is 1.61 bits per heavy atom. The number of nitrogens with zero attached hydrogens (tertiary/aromatic N) is 2. The van der Waals surface area contributed by atoms with Crippen molar-refractivity contribution in [2.24, 2.45) is 11.8 Å². The van der Waals surface area contributed by atoms with Gasteiger partial charge in [-0.05, 0) is 32.0 Å². The molecule has 1 aromatic rings. The Labute approximate surface area is 156 Å². The van der Waals surface area contributed by atoms with E-state index in [2.05, 4.69) is 0 Å². The Morgan fingerprint density at radius 1 is 1.11 bits per heavy atom. The summed E-state index contributed by atoms with van der Waals surface area (Å²) in [5.41, 5.74) is -5.31. The summed E-state index contributed by atoms with van der Waals surface area (Å²) in [5.74, 6) is -3.92. The Kier molecular flexibility index (Phi) is 3.58. The van der Waals surface area contributed by atoms with Crippen LogP contribution in [-0.4, -0.2) is 45.4 Å². The molecule has 6 atom stereocenters. The molecule has 3 aliphatic heterocycles. The number of fused-ring (bicyclic) bond motifs is 5. The Morgan fingerprint density at radius 3 is 2.04 bits per heavy atom. The average molecular weight is 396 g/mol. The van der Waals surface area contributed by atoms with Crippen molar-refractivity contribution in [3.8, 4) is 6.07 Å². The van der Waals surface area contributed by atoms with E-state index in [1.165, 1.54) is 19.9 Å². The fourth-order valence-corrected chi connectivity index (χ4v) is 4.80. The number of alkyl halides is 3. The van der Waals surface area contributed by atoms with Crippen LogP contribution in [0.5, 0.6) is 0 Å². The highest BCUT2D eigenvalue weighted by Gasteiger charge is 2.79. The molecule has 7 nitrogen and oxygen atoms in total. The second-order valence-corrected chi connectivity index (χ2v) is 7.67. The van der Waals surface area contributed by atoms with Gasteiger partial charge in [-0.15, -0.1) is 0 Å². The van der Waals surface area contributed by atoms with Crippen molar-refractivity contribution in [3.63, 3.8) is 0 Å². The molecule has 0 aliphatic carbocycles. The fourth-order valence-electron chi connectivity index (χ4n) is 4.80. The predicted molar refractivity (Wildman–Crippen MR) is 85.5 cm³/mol. The predicted octanol–water partition coefficient (Wildman–Crippen LogP) is 0.966. The van der Waals surface area contributed by atoms with Crippen molar-refractivity contribution in [1.82, 2.24) is 0 Å². The van der Waals surface area contributed by atoms with Crippen LogP contribution in [0.4, 0.5) is 18.9 Å². The van der Waals surface area contributed by atoms with Crippen molar-refractivity contribution in [3.05, 3.63) is 29.3 Å². The lowest BCUT2D eigenvalue weighted by Crippen LogP contribution is -2.57. The molecule has 148 valence electrons. The molecule has 1 aromatic carbocycles. The Balaban J connectivity index is 1.82. The molecule has 2 amide bonds. The van der Waals surface area contributed by atoms with Gasteiger partial charge in [0.2, 0.25) is 11.8 Å². The zero-order valence-corrected chi connectivity index (χ0v) is 14.7. The third kappa shape index (κ3) is 2.04. The van der Waals surface area contributed by atoms with Gasteiger partial charge in [-0.1, -0.05) is 0 Å². The summed E-state index contributed by atoms with van der Waals surface area (Å²) in [5, 5.41) is 29.5. The zero-order valence-electron chi connectivity index (χ0n) is 14.7. The van der Waals surface area contributed by atoms with E-state index in [0.717, 1.165) is 12.1 Å². The average Bonchev–Trinajstić information content (AvgIpc) is 3.10. The van der Waals surface area contributed by atoms with E-state index in [1.807, 2.05) is 0 Å². The minimum Gasteiger partial charge on any atom is -0.387 e. The number of rotatable bonds is 1. The quantitative estimate of drug-likeness (QED) is 0.685. The van der Waals surface area contributed by atoms with E-state index in [4.69, 9.17) is 10.00 Å². The summed E-state index contributed by atoms with van der Waals surface area (Å²) in [4.78, 5) is 26.6. The number of aliphatic hydroxyl groups excluding tert-OH is 2. The number of hydrogen-bond donors (Lipinski definition) is 2. The first-order valence-corrected chi connectivity index (χ1v) is 8.43. The summed E-state index contributed by atoms with van der Waals surface area (Å²) in [6, 6.07) is 4.00. The third-order valence-corrected chi connectivity index (χ3v) is 6.14. The van der Waals surface area contributed by atoms with Crippen molar-refractivity contribution in [2.45, 2.75) is 43.4 Å². The first-order chi connectivity index (χ1) is 12.9. The smallest absolute Gasteiger partial charge is 0.387 e. The van der Waals surface area contributed by atoms with Crippen LogP contribution in [0.1, 0.15) is 25.0 Å². The maximum absolute atomic E-state index is 13.3. The van der Waals surface area contributed by atoms with Crippen LogP contribution in [0, 0.1) is 23.2 Å². The maximum Gasteiger partial charge on any atom is 0.417 e. The monoisotopic (exact) mass is 396 g/mol. The molecule has 10 heteroatoms. The number of carbonyl (C=O) groups excluding carboxylic acids is 2. The molecule has 3 saturated heterocycles. The summed E-state index contributed by atoms with van der Waals surface area (Å²) in [7, 11) is 0. The summed E-state index contributed by atoms with van der Waals surface area (Å²) in [6.07, 6.45) is -7.71. The van der Waals surface area contributed by atoms with Crippen LogP contribution in [0.25, 0.3) is 0 Å². The molecule has 2 N–H and O–H groups in total. The van der Waals surface area contributed by atoms with E-state index in [0.29, 0.717) is 11.0 Å². The highest BCUT2D eigenvalue weighted by atomic mass is 19.4. The molecule has 0 saturated carbocycles. The van der Waals surface area contributed by atoms with Gasteiger partial charge >= 0.3 is 6.18 Å². The SMILES string of the molecule is CC12OC(C)([C@@H](O)[C@H]1O)[C@H]1C(=O)N(c3ccc(C#N)c(C(F)(F)F)c3)C(=O)[C@H]12. The van der Waals surface area contributed by atoms with Gasteiger partial charge in [0.05, 0.1) is 34.7 Å². The molecule has 0 aromatic heterocycles. The molecule has 0 spiro atoms. The molecule has 28 heavy (non-hydrogen) atoms. The number of hydrogen-bond acceptors (Lipinski definition) is 6. The van der Waals surface area contributed by atoms with Crippen LogP contribution >= 0.6 is 0 Å². The van der Waals surface area contributed by atoms with E-state index in [1.54, 1.807) is 0 Å². The van der Waals surface area contributed by atoms with Gasteiger partial charge in [0.15, 0.2) is 0 Å². The van der Waals surface area contributed by atoms with Crippen LogP contribution in [0.3, 0.4) is 0 Å². The number of benzene rings is 1. The molecule has 3 fully saturated rings. The number of imide groups is 1. The van der Waals surface area contributed by atoms with Crippen LogP contribution in [0.2, 0.25) is 0 Å². The van der Waals surface area contributed by atoms with Gasteiger partial charge in [-0.25, -0.2) is 4.90 Å². The summed E-state index contributed by atoms with van der Waals surface area (Å²) >= 11 is 0. The van der Waals surface area contributed by atoms with Gasteiger partial charge < -0.3 is 14.9 Å². The molecular weight excluding hydrogens is 381 g/mol. The van der Waals surface area contributed by atoms with E-state index < -0.39 is 64.4 Å². The number of ether oxygens (including phenoxy) is 1. The third-order valence-electron chi connectivity index (χ3n) is 6.14. The molecule has 3 aliphatic rings. The Bertz CT molecular complexity index is 920. The lowest BCUT2D eigenvalue weighted by Gasteiger charge is -2.35. The van der Waals surface area contributed by atoms with Gasteiger partial charge in [0.1, 0.15) is 23.4 Å². The number of carbonyl (C=O) groups is 2. The molecular formula is C18H15F3N2O5. The molecule has 0 radical (unpaired) electrons. The van der Waals surface area contributed by atoms with Gasteiger partial charge in [-0.3, -0.25) is 9.59 Å². The van der Waals surface area contributed by atoms with Crippen molar-refractivity contribution in [2.75, 3.05) is 4.90 Å². The minimum atomic E-state index is -4.85. The van der Waals surface area contributed by atoms with Gasteiger partial charge in [0, 0.05) is 0 Å². The standard InChI is InChI=1S/C18H15F3N2O5/c1-16-10-11(17(2,28-16)13(25)12(16)24)15(27)23(14(10)26)8-4-3-7(6-22)9(5-8)18(19,20)21/h3-5,10-13,24-25H,1-2H3/t10-,11+,12+,13-,16?,17?. The number of anilines is 1. The minimum absolute atomic E-state index is 0.327. The van der Waals surface area contributed by atoms with Crippen molar-refractivity contribution < 1.29 is 37.7 Å². The molecule has 3 heterocycles. The normalized spacial score (nSPS) is 39.4. The number of aliphatic hydroxyl groups is 2. The van der Waals surface area contributed by atoms with E-state index in [-0.39, 0.29) is 5.69 Å². The van der Waals surface area contributed by atoms with Crippen LogP contribution < -0.4 is 4.90 Å². The largest absolute Gasteiger partial charge is 0.417 e. The number of amides is 2. The number of nitriles is 1. The first-order valence-electron chi connectivity index (χ1n) is 8.43. The zero-order chi connectivity index (χ0) is 20.8. The summed E-state index contributed by atoms with van der Waals surface area (Å²) in [6.45, 7) is 2.79. The first kappa shape index (κ1) is 18.9. The highest BCUT2D eigenvalue weighted by Crippen LogP contribution is 2.61. The number of halogens is 3. The molecule has 4 rings (SSSR count). The molecule has 2 unspecified atom stereocenters. The van der Waals surface area contributed by atoms with E-state index in [9.17, 15) is 33.0 Å². The van der Waals surface area contributed by atoms with Crippen molar-refractivity contribution in [1.29, 1.82) is 5.26 Å². The summed E-state index contributed by atoms with van der Waals surface area (Å²) < 4.78 is 45.5. The van der Waals surface area contributed by atoms with Crippen LogP contribution in [-0.2, 0) is 20.5 Å². The van der Waals surface area contributed by atoms with Gasteiger partial charge in [-0.2, -0.15) is 18.4 Å². The Hall–Kier alpha value is -2.48. The van der Waals surface area contributed by atoms with E-state index >= 15 is 0 Å². The fraction of sp³-hybridized carbons (Fsp3) is 0.500. The maximum atomic E-state index is 13.3.